The van der Waals surface area contributed by atoms with Gasteiger partial charge in [-0.2, -0.15) is 0 Å². The molecule has 3 rings (SSSR count). The van der Waals surface area contributed by atoms with Gasteiger partial charge in [0.15, 0.2) is 0 Å². The van der Waals surface area contributed by atoms with Crippen LogP contribution in [0.4, 0.5) is 11.4 Å². The first-order chi connectivity index (χ1) is 11.6. The summed E-state index contributed by atoms with van der Waals surface area (Å²) in [5.41, 5.74) is 8.70. The van der Waals surface area contributed by atoms with Crippen LogP contribution in [0.1, 0.15) is 50.5 Å². The highest BCUT2D eigenvalue weighted by atomic mass is 35.5. The Hall–Kier alpha value is -1.75. The van der Waals surface area contributed by atoms with Crippen molar-refractivity contribution < 1.29 is 9.59 Å². The minimum absolute atomic E-state index is 0. The molecule has 2 amide bonds. The van der Waals surface area contributed by atoms with Crippen molar-refractivity contribution in [2.75, 3.05) is 23.7 Å². The van der Waals surface area contributed by atoms with E-state index < -0.39 is 0 Å². The molecule has 0 radical (unpaired) electrons. The van der Waals surface area contributed by atoms with Gasteiger partial charge in [0.05, 0.1) is 6.54 Å². The van der Waals surface area contributed by atoms with Gasteiger partial charge in [-0.05, 0) is 42.9 Å². The normalized spacial score (nSPS) is 16.9. The molecule has 1 fully saturated rings. The fourth-order valence-electron chi connectivity index (χ4n) is 3.90. The Labute approximate surface area is 155 Å². The standard InChI is InChI=1S/C19H27N3O2.ClH/c20-16-8-3-9-17-15(16)7-4-12-22(17)19(24)13-21-18(23)11-10-14-5-1-2-6-14;/h3,8-9,14H,1-2,4-7,10-13,20H2,(H,21,23);1H. The molecular weight excluding hydrogens is 338 g/mol. The van der Waals surface area contributed by atoms with Gasteiger partial charge in [0, 0.05) is 24.3 Å². The molecule has 0 bridgehead atoms. The molecule has 0 unspecified atom stereocenters. The molecule has 2 aliphatic rings. The first-order valence-corrected chi connectivity index (χ1v) is 9.09. The quantitative estimate of drug-likeness (QED) is 0.787. The maximum atomic E-state index is 12.5. The number of hydrogen-bond donors (Lipinski definition) is 2. The molecule has 1 aliphatic carbocycles. The summed E-state index contributed by atoms with van der Waals surface area (Å²) < 4.78 is 0. The lowest BCUT2D eigenvalue weighted by molar-refractivity contribution is -0.125. The van der Waals surface area contributed by atoms with Gasteiger partial charge < -0.3 is 16.0 Å². The third-order valence-corrected chi connectivity index (χ3v) is 5.28. The van der Waals surface area contributed by atoms with E-state index in [1.54, 1.807) is 4.90 Å². The number of rotatable bonds is 5. The van der Waals surface area contributed by atoms with E-state index >= 15 is 0 Å². The van der Waals surface area contributed by atoms with Crippen LogP contribution in [0.3, 0.4) is 0 Å². The van der Waals surface area contributed by atoms with Crippen LogP contribution < -0.4 is 16.0 Å². The summed E-state index contributed by atoms with van der Waals surface area (Å²) in [6.45, 7) is 0.755. The smallest absolute Gasteiger partial charge is 0.246 e. The number of halogens is 1. The minimum Gasteiger partial charge on any atom is -0.398 e. The number of anilines is 2. The van der Waals surface area contributed by atoms with Gasteiger partial charge in [-0.25, -0.2) is 0 Å². The Kier molecular flexibility index (Phi) is 7.12. The largest absolute Gasteiger partial charge is 0.398 e. The SMILES string of the molecule is Cl.Nc1cccc2c1CCCN2C(=O)CNC(=O)CCC1CCCC1. The van der Waals surface area contributed by atoms with Crippen molar-refractivity contribution in [3.05, 3.63) is 23.8 Å². The van der Waals surface area contributed by atoms with Gasteiger partial charge >= 0.3 is 0 Å². The molecule has 3 N–H and O–H groups in total. The summed E-state index contributed by atoms with van der Waals surface area (Å²) in [4.78, 5) is 26.2. The number of carbonyl (C=O) groups excluding carboxylic acids is 2. The van der Waals surface area contributed by atoms with Crippen molar-refractivity contribution in [3.8, 4) is 0 Å². The van der Waals surface area contributed by atoms with Crippen molar-refractivity contribution >= 4 is 35.6 Å². The zero-order valence-corrected chi connectivity index (χ0v) is 15.4. The van der Waals surface area contributed by atoms with Gasteiger partial charge in [0.2, 0.25) is 11.8 Å². The van der Waals surface area contributed by atoms with E-state index in [1.807, 2.05) is 18.2 Å². The number of nitrogens with two attached hydrogens (primary N) is 1. The van der Waals surface area contributed by atoms with Crippen LogP contribution in [0, 0.1) is 5.92 Å². The van der Waals surface area contributed by atoms with Crippen molar-refractivity contribution in [1.82, 2.24) is 5.32 Å². The molecule has 1 aromatic carbocycles. The Morgan fingerprint density at radius 3 is 2.72 bits per heavy atom. The lowest BCUT2D eigenvalue weighted by Gasteiger charge is -2.30. The van der Waals surface area contributed by atoms with Crippen molar-refractivity contribution in [2.24, 2.45) is 5.92 Å². The number of benzene rings is 1. The van der Waals surface area contributed by atoms with Gasteiger partial charge in [0.1, 0.15) is 0 Å². The Balaban J connectivity index is 0.00000225. The van der Waals surface area contributed by atoms with Crippen LogP contribution in [0.5, 0.6) is 0 Å². The van der Waals surface area contributed by atoms with Gasteiger partial charge in [0.25, 0.3) is 0 Å². The van der Waals surface area contributed by atoms with Crippen LogP contribution in [0.15, 0.2) is 18.2 Å². The lowest BCUT2D eigenvalue weighted by atomic mass is 10.00. The first-order valence-electron chi connectivity index (χ1n) is 9.09. The average Bonchev–Trinajstić information content (AvgIpc) is 3.11. The van der Waals surface area contributed by atoms with Crippen LogP contribution in [-0.4, -0.2) is 24.9 Å². The van der Waals surface area contributed by atoms with E-state index in [0.29, 0.717) is 18.9 Å². The van der Waals surface area contributed by atoms with E-state index in [-0.39, 0.29) is 30.8 Å². The first kappa shape index (κ1) is 19.6. The Bertz CT molecular complexity index is 615. The third kappa shape index (κ3) is 4.88. The molecule has 5 nitrogen and oxygen atoms in total. The fourth-order valence-corrected chi connectivity index (χ4v) is 3.90. The summed E-state index contributed by atoms with van der Waals surface area (Å²) in [6.07, 6.45) is 8.37. The van der Waals surface area contributed by atoms with E-state index in [4.69, 9.17) is 5.73 Å². The molecule has 1 aromatic rings. The molecule has 6 heteroatoms. The molecule has 138 valence electrons. The molecule has 0 saturated heterocycles. The summed E-state index contributed by atoms with van der Waals surface area (Å²) in [5.74, 6) is 0.624. The number of carbonyl (C=O) groups is 2. The maximum absolute atomic E-state index is 12.5. The molecule has 1 heterocycles. The summed E-state index contributed by atoms with van der Waals surface area (Å²) in [5, 5.41) is 2.79. The second-order valence-electron chi connectivity index (χ2n) is 6.96. The van der Waals surface area contributed by atoms with Gasteiger partial charge in [-0.15, -0.1) is 12.4 Å². The number of nitrogen functional groups attached to an aromatic ring is 1. The molecule has 0 atom stereocenters. The maximum Gasteiger partial charge on any atom is 0.246 e. The average molecular weight is 366 g/mol. The van der Waals surface area contributed by atoms with Crippen LogP contribution >= 0.6 is 12.4 Å². The van der Waals surface area contributed by atoms with E-state index in [2.05, 4.69) is 5.32 Å². The van der Waals surface area contributed by atoms with Crippen LogP contribution in [-0.2, 0) is 16.0 Å². The molecular formula is C19H28ClN3O2. The molecule has 0 spiro atoms. The zero-order valence-electron chi connectivity index (χ0n) is 14.6. The second-order valence-corrected chi connectivity index (χ2v) is 6.96. The van der Waals surface area contributed by atoms with Crippen molar-refractivity contribution in [3.63, 3.8) is 0 Å². The lowest BCUT2D eigenvalue weighted by Crippen LogP contribution is -2.42. The monoisotopic (exact) mass is 365 g/mol. The second kappa shape index (κ2) is 9.09. The highest BCUT2D eigenvalue weighted by Gasteiger charge is 2.24. The minimum atomic E-state index is -0.0595. The predicted octanol–water partition coefficient (Wildman–Crippen LogP) is 3.06. The molecule has 1 aliphatic heterocycles. The summed E-state index contributed by atoms with van der Waals surface area (Å²) in [6, 6.07) is 5.68. The van der Waals surface area contributed by atoms with Crippen LogP contribution in [0.2, 0.25) is 0 Å². The number of nitrogens with zero attached hydrogens (tertiary/aromatic N) is 1. The fraction of sp³-hybridized carbons (Fsp3) is 0.579. The number of fused-ring (bicyclic) bond motifs is 1. The van der Waals surface area contributed by atoms with Crippen molar-refractivity contribution in [2.45, 2.75) is 51.4 Å². The summed E-state index contributed by atoms with van der Waals surface area (Å²) in [7, 11) is 0. The third-order valence-electron chi connectivity index (χ3n) is 5.28. The molecule has 1 saturated carbocycles. The van der Waals surface area contributed by atoms with E-state index in [0.717, 1.165) is 36.2 Å². The predicted molar refractivity (Wildman–Crippen MR) is 103 cm³/mol. The van der Waals surface area contributed by atoms with Gasteiger partial charge in [-0.3, -0.25) is 9.59 Å². The van der Waals surface area contributed by atoms with Crippen molar-refractivity contribution in [1.29, 1.82) is 0 Å². The zero-order chi connectivity index (χ0) is 16.9. The van der Waals surface area contributed by atoms with Crippen LogP contribution in [0.25, 0.3) is 0 Å². The topological polar surface area (TPSA) is 75.4 Å². The highest BCUT2D eigenvalue weighted by Crippen LogP contribution is 2.31. The number of hydrogen-bond acceptors (Lipinski definition) is 3. The molecule has 25 heavy (non-hydrogen) atoms. The van der Waals surface area contributed by atoms with E-state index in [1.165, 1.54) is 25.7 Å². The highest BCUT2D eigenvalue weighted by molar-refractivity contribution is 5.98. The number of nitrogens with one attached hydrogen (secondary N) is 1. The number of amides is 2. The Morgan fingerprint density at radius 2 is 1.96 bits per heavy atom. The molecule has 0 aromatic heterocycles. The van der Waals surface area contributed by atoms with Gasteiger partial charge in [-0.1, -0.05) is 31.7 Å². The van der Waals surface area contributed by atoms with E-state index in [9.17, 15) is 9.59 Å². The summed E-state index contributed by atoms with van der Waals surface area (Å²) >= 11 is 0. The Morgan fingerprint density at radius 1 is 1.20 bits per heavy atom.